The highest BCUT2D eigenvalue weighted by Crippen LogP contribution is 2.21. The van der Waals surface area contributed by atoms with Crippen molar-refractivity contribution >= 4 is 0 Å². The third-order valence-electron chi connectivity index (χ3n) is 1.55. The van der Waals surface area contributed by atoms with E-state index in [-0.39, 0.29) is 0 Å². The maximum Gasteiger partial charge on any atom is 0.139 e. The molecule has 0 amide bonds. The molecule has 2 heterocycles. The number of rotatable bonds is 0. The van der Waals surface area contributed by atoms with Gasteiger partial charge in [-0.05, 0) is 6.92 Å². The first-order chi connectivity index (χ1) is 4.38. The van der Waals surface area contributed by atoms with Crippen LogP contribution in [0.1, 0.15) is 17.0 Å². The van der Waals surface area contributed by atoms with Crippen molar-refractivity contribution in [1.82, 2.24) is 5.16 Å². The summed E-state index contributed by atoms with van der Waals surface area (Å²) in [7, 11) is 0. The highest BCUT2D eigenvalue weighted by molar-refractivity contribution is 5.22. The van der Waals surface area contributed by atoms with Crippen molar-refractivity contribution in [3.05, 3.63) is 17.0 Å². The molecule has 1 aromatic rings. The summed E-state index contributed by atoms with van der Waals surface area (Å²) >= 11 is 0. The minimum atomic E-state index is 0.618. The van der Waals surface area contributed by atoms with E-state index in [1.807, 2.05) is 6.92 Å². The first-order valence-corrected chi connectivity index (χ1v) is 2.89. The normalized spacial score (nSPS) is 16.1. The second-order valence-electron chi connectivity index (χ2n) is 2.16. The molecule has 0 saturated heterocycles. The Morgan fingerprint density at radius 1 is 1.44 bits per heavy atom. The van der Waals surface area contributed by atoms with Gasteiger partial charge in [0.05, 0.1) is 13.2 Å². The monoisotopic (exact) mass is 125 g/mol. The molecule has 1 aliphatic rings. The lowest BCUT2D eigenvalue weighted by atomic mass is 10.2. The molecular weight excluding hydrogens is 118 g/mol. The molecule has 9 heavy (non-hydrogen) atoms. The topological polar surface area (TPSA) is 35.3 Å². The Kier molecular flexibility index (Phi) is 0.873. The Morgan fingerprint density at radius 2 is 2.33 bits per heavy atom. The van der Waals surface area contributed by atoms with Crippen molar-refractivity contribution in [3.63, 3.8) is 0 Å². The van der Waals surface area contributed by atoms with E-state index in [2.05, 4.69) is 5.16 Å². The first kappa shape index (κ1) is 4.99. The average molecular weight is 125 g/mol. The molecule has 0 aliphatic carbocycles. The van der Waals surface area contributed by atoms with Crippen LogP contribution in [0.4, 0.5) is 0 Å². The van der Waals surface area contributed by atoms with Crippen LogP contribution in [0.3, 0.4) is 0 Å². The van der Waals surface area contributed by atoms with Crippen LogP contribution in [0.5, 0.6) is 0 Å². The Morgan fingerprint density at radius 3 is 3.11 bits per heavy atom. The molecule has 0 N–H and O–H groups in total. The fourth-order valence-corrected chi connectivity index (χ4v) is 0.985. The SMILES string of the molecule is Cc1onc2c1COC2. The summed E-state index contributed by atoms with van der Waals surface area (Å²) in [5.41, 5.74) is 2.10. The van der Waals surface area contributed by atoms with Gasteiger partial charge in [0.1, 0.15) is 11.5 Å². The van der Waals surface area contributed by atoms with Crippen LogP contribution in [-0.4, -0.2) is 5.16 Å². The zero-order valence-corrected chi connectivity index (χ0v) is 5.18. The number of aryl methyl sites for hydroxylation is 1. The largest absolute Gasteiger partial charge is 0.370 e. The van der Waals surface area contributed by atoms with E-state index in [1.165, 1.54) is 0 Å². The van der Waals surface area contributed by atoms with Crippen LogP contribution in [0.25, 0.3) is 0 Å². The molecular formula is C6H7NO2. The predicted molar refractivity (Wildman–Crippen MR) is 29.7 cm³/mol. The van der Waals surface area contributed by atoms with Gasteiger partial charge in [-0.2, -0.15) is 0 Å². The molecule has 0 spiro atoms. The molecule has 0 radical (unpaired) electrons. The lowest BCUT2D eigenvalue weighted by Gasteiger charge is -1.85. The summed E-state index contributed by atoms with van der Waals surface area (Å²) in [6.45, 7) is 3.19. The van der Waals surface area contributed by atoms with Crippen LogP contribution < -0.4 is 0 Å². The summed E-state index contributed by atoms with van der Waals surface area (Å²) in [5.74, 6) is 0.891. The van der Waals surface area contributed by atoms with E-state index in [0.29, 0.717) is 13.2 Å². The van der Waals surface area contributed by atoms with Crippen molar-refractivity contribution in [1.29, 1.82) is 0 Å². The van der Waals surface area contributed by atoms with Crippen molar-refractivity contribution in [2.75, 3.05) is 0 Å². The Balaban J connectivity index is 2.56. The summed E-state index contributed by atoms with van der Waals surface area (Å²) in [5, 5.41) is 3.80. The highest BCUT2D eigenvalue weighted by Gasteiger charge is 2.18. The fraction of sp³-hybridized carbons (Fsp3) is 0.500. The first-order valence-electron chi connectivity index (χ1n) is 2.89. The maximum atomic E-state index is 5.11. The van der Waals surface area contributed by atoms with E-state index in [1.54, 1.807) is 0 Å². The zero-order chi connectivity index (χ0) is 6.27. The molecule has 48 valence electrons. The summed E-state index contributed by atoms with van der Waals surface area (Å²) in [4.78, 5) is 0. The number of ether oxygens (including phenoxy) is 1. The van der Waals surface area contributed by atoms with Crippen LogP contribution in [0, 0.1) is 6.92 Å². The van der Waals surface area contributed by atoms with Gasteiger partial charge >= 0.3 is 0 Å². The molecule has 3 nitrogen and oxygen atoms in total. The lowest BCUT2D eigenvalue weighted by Crippen LogP contribution is -1.78. The van der Waals surface area contributed by atoms with Gasteiger partial charge in [-0.15, -0.1) is 0 Å². The smallest absolute Gasteiger partial charge is 0.139 e. The van der Waals surface area contributed by atoms with Gasteiger partial charge < -0.3 is 9.26 Å². The molecule has 0 unspecified atom stereocenters. The number of aromatic nitrogens is 1. The number of fused-ring (bicyclic) bond motifs is 1. The summed E-state index contributed by atoms with van der Waals surface area (Å²) in [6, 6.07) is 0. The standard InChI is InChI=1S/C6H7NO2/c1-4-5-2-8-3-6(5)7-9-4/h2-3H2,1H3. The third-order valence-corrected chi connectivity index (χ3v) is 1.55. The van der Waals surface area contributed by atoms with E-state index in [4.69, 9.17) is 9.26 Å². The molecule has 1 aromatic heterocycles. The number of hydrogen-bond donors (Lipinski definition) is 0. The maximum absolute atomic E-state index is 5.11. The molecule has 1 aliphatic heterocycles. The van der Waals surface area contributed by atoms with Gasteiger partial charge in [0.25, 0.3) is 0 Å². The summed E-state index contributed by atoms with van der Waals surface area (Å²) in [6.07, 6.45) is 0. The number of nitrogens with zero attached hydrogens (tertiary/aromatic N) is 1. The van der Waals surface area contributed by atoms with Gasteiger partial charge in [-0.3, -0.25) is 0 Å². The molecule has 0 atom stereocenters. The van der Waals surface area contributed by atoms with Crippen LogP contribution in [0.2, 0.25) is 0 Å². The van der Waals surface area contributed by atoms with Crippen LogP contribution in [-0.2, 0) is 18.0 Å². The minimum absolute atomic E-state index is 0.618. The average Bonchev–Trinajstić information content (AvgIpc) is 2.35. The van der Waals surface area contributed by atoms with E-state index >= 15 is 0 Å². The minimum Gasteiger partial charge on any atom is -0.370 e. The molecule has 0 saturated carbocycles. The predicted octanol–water partition coefficient (Wildman–Crippen LogP) is 1.01. The highest BCUT2D eigenvalue weighted by atomic mass is 16.5. The van der Waals surface area contributed by atoms with Gasteiger partial charge in [-0.25, -0.2) is 0 Å². The molecule has 3 heteroatoms. The van der Waals surface area contributed by atoms with E-state index < -0.39 is 0 Å². The molecule has 0 bridgehead atoms. The second kappa shape index (κ2) is 1.57. The summed E-state index contributed by atoms with van der Waals surface area (Å²) < 4.78 is 10.0. The lowest BCUT2D eigenvalue weighted by molar-refractivity contribution is 0.125. The Bertz CT molecular complexity index is 229. The zero-order valence-electron chi connectivity index (χ0n) is 5.18. The van der Waals surface area contributed by atoms with Gasteiger partial charge in [0.15, 0.2) is 0 Å². The fourth-order valence-electron chi connectivity index (χ4n) is 0.985. The molecule has 0 fully saturated rings. The van der Waals surface area contributed by atoms with Gasteiger partial charge in [0.2, 0.25) is 0 Å². The van der Waals surface area contributed by atoms with Gasteiger partial charge in [0, 0.05) is 5.56 Å². The van der Waals surface area contributed by atoms with Crippen molar-refractivity contribution in [2.45, 2.75) is 20.1 Å². The van der Waals surface area contributed by atoms with Crippen LogP contribution >= 0.6 is 0 Å². The second-order valence-corrected chi connectivity index (χ2v) is 2.16. The quantitative estimate of drug-likeness (QED) is 0.519. The third kappa shape index (κ3) is 0.580. The van der Waals surface area contributed by atoms with Crippen molar-refractivity contribution < 1.29 is 9.26 Å². The van der Waals surface area contributed by atoms with Crippen molar-refractivity contribution in [2.24, 2.45) is 0 Å². The molecule has 2 rings (SSSR count). The number of hydrogen-bond acceptors (Lipinski definition) is 3. The van der Waals surface area contributed by atoms with E-state index in [0.717, 1.165) is 17.0 Å². The van der Waals surface area contributed by atoms with Crippen LogP contribution in [0.15, 0.2) is 4.52 Å². The molecule has 0 aromatic carbocycles. The Hall–Kier alpha value is -0.830. The Labute approximate surface area is 52.6 Å². The van der Waals surface area contributed by atoms with E-state index in [9.17, 15) is 0 Å². The van der Waals surface area contributed by atoms with Gasteiger partial charge in [-0.1, -0.05) is 5.16 Å². The van der Waals surface area contributed by atoms with Crippen molar-refractivity contribution in [3.8, 4) is 0 Å².